The number of hydrogen-bond acceptors (Lipinski definition) is 4. The maximum absolute atomic E-state index is 11.4. The Balaban J connectivity index is 3.67. The Bertz CT molecular complexity index is 312. The maximum Gasteiger partial charge on any atom is 0.153 e. The third kappa shape index (κ3) is 6.60. The van der Waals surface area contributed by atoms with E-state index in [1.54, 1.807) is 20.1 Å². The van der Waals surface area contributed by atoms with Gasteiger partial charge in [0.15, 0.2) is 9.84 Å². The molecule has 0 saturated heterocycles. The fraction of sp³-hybridized carbons (Fsp3) is 1.00. The Labute approximate surface area is 102 Å². The van der Waals surface area contributed by atoms with Crippen LogP contribution in [-0.4, -0.2) is 48.2 Å². The van der Waals surface area contributed by atoms with E-state index in [2.05, 4.69) is 5.32 Å². The van der Waals surface area contributed by atoms with Gasteiger partial charge >= 0.3 is 0 Å². The summed E-state index contributed by atoms with van der Waals surface area (Å²) in [5.41, 5.74) is 0. The SMILES string of the molecule is CC(CCNCCS(=O)(=O)C(C)C)S(C)=O. The minimum Gasteiger partial charge on any atom is -0.316 e. The largest absolute Gasteiger partial charge is 0.316 e. The highest BCUT2D eigenvalue weighted by molar-refractivity contribution is 7.92. The van der Waals surface area contributed by atoms with Gasteiger partial charge in [-0.1, -0.05) is 6.92 Å². The van der Waals surface area contributed by atoms with E-state index in [0.29, 0.717) is 13.1 Å². The van der Waals surface area contributed by atoms with Gasteiger partial charge in [0, 0.05) is 28.9 Å². The summed E-state index contributed by atoms with van der Waals surface area (Å²) < 4.78 is 33.9. The van der Waals surface area contributed by atoms with Crippen molar-refractivity contribution in [3.63, 3.8) is 0 Å². The molecule has 2 unspecified atom stereocenters. The molecule has 0 bridgehead atoms. The average Bonchev–Trinajstić information content (AvgIpc) is 2.16. The van der Waals surface area contributed by atoms with E-state index >= 15 is 0 Å². The molecule has 6 heteroatoms. The van der Waals surface area contributed by atoms with Crippen molar-refractivity contribution < 1.29 is 12.6 Å². The van der Waals surface area contributed by atoms with E-state index in [-0.39, 0.29) is 16.3 Å². The van der Waals surface area contributed by atoms with Crippen LogP contribution in [0.1, 0.15) is 27.2 Å². The minimum atomic E-state index is -2.94. The predicted octanol–water partition coefficient (Wildman–Crippen LogP) is 0.556. The van der Waals surface area contributed by atoms with Crippen LogP contribution in [0.25, 0.3) is 0 Å². The van der Waals surface area contributed by atoms with Gasteiger partial charge in [-0.05, 0) is 26.8 Å². The molecule has 0 aliphatic carbocycles. The molecular formula is C10H23NO3S2. The van der Waals surface area contributed by atoms with E-state index in [1.807, 2.05) is 6.92 Å². The monoisotopic (exact) mass is 269 g/mol. The van der Waals surface area contributed by atoms with E-state index in [1.165, 1.54) is 0 Å². The van der Waals surface area contributed by atoms with Gasteiger partial charge in [0.05, 0.1) is 11.0 Å². The lowest BCUT2D eigenvalue weighted by Gasteiger charge is -2.10. The summed E-state index contributed by atoms with van der Waals surface area (Å²) in [5, 5.41) is 2.92. The number of rotatable bonds is 8. The quantitative estimate of drug-likeness (QED) is 0.654. The van der Waals surface area contributed by atoms with Gasteiger partial charge in [-0.15, -0.1) is 0 Å². The normalized spacial score (nSPS) is 16.3. The van der Waals surface area contributed by atoms with Crippen LogP contribution in [0.2, 0.25) is 0 Å². The zero-order chi connectivity index (χ0) is 12.8. The molecule has 0 spiro atoms. The van der Waals surface area contributed by atoms with Crippen LogP contribution in [0.3, 0.4) is 0 Å². The lowest BCUT2D eigenvalue weighted by atomic mass is 10.3. The van der Waals surface area contributed by atoms with Crippen LogP contribution < -0.4 is 5.32 Å². The predicted molar refractivity (Wildman–Crippen MR) is 69.9 cm³/mol. The third-order valence-corrected chi connectivity index (χ3v) is 6.15. The molecule has 0 fully saturated rings. The average molecular weight is 269 g/mol. The summed E-state index contributed by atoms with van der Waals surface area (Å²) >= 11 is 0. The molecule has 0 saturated carbocycles. The van der Waals surface area contributed by atoms with E-state index in [0.717, 1.165) is 6.42 Å². The number of hydrogen-bond donors (Lipinski definition) is 1. The van der Waals surface area contributed by atoms with Gasteiger partial charge in [0.25, 0.3) is 0 Å². The molecule has 4 nitrogen and oxygen atoms in total. The smallest absolute Gasteiger partial charge is 0.153 e. The van der Waals surface area contributed by atoms with Gasteiger partial charge in [-0.25, -0.2) is 8.42 Å². The molecular weight excluding hydrogens is 246 g/mol. The van der Waals surface area contributed by atoms with Crippen LogP contribution in [0, 0.1) is 0 Å². The highest BCUT2D eigenvalue weighted by Gasteiger charge is 2.15. The van der Waals surface area contributed by atoms with Crippen molar-refractivity contribution in [1.82, 2.24) is 5.32 Å². The highest BCUT2D eigenvalue weighted by atomic mass is 32.2. The molecule has 0 aliphatic heterocycles. The Kier molecular flexibility index (Phi) is 7.43. The molecule has 0 aromatic heterocycles. The van der Waals surface area contributed by atoms with E-state index < -0.39 is 20.6 Å². The fourth-order valence-corrected chi connectivity index (χ4v) is 2.40. The molecule has 16 heavy (non-hydrogen) atoms. The topological polar surface area (TPSA) is 63.2 Å². The lowest BCUT2D eigenvalue weighted by Crippen LogP contribution is -2.29. The first-order valence-electron chi connectivity index (χ1n) is 5.52. The zero-order valence-electron chi connectivity index (χ0n) is 10.5. The Hall–Kier alpha value is 0.0600. The molecule has 1 N–H and O–H groups in total. The first kappa shape index (κ1) is 16.1. The third-order valence-electron chi connectivity index (χ3n) is 2.58. The van der Waals surface area contributed by atoms with Crippen LogP contribution in [0.5, 0.6) is 0 Å². The molecule has 0 aromatic rings. The fourth-order valence-electron chi connectivity index (χ4n) is 1.05. The summed E-state index contributed by atoms with van der Waals surface area (Å²) in [5.74, 6) is 0.175. The summed E-state index contributed by atoms with van der Waals surface area (Å²) in [6.45, 7) is 6.51. The molecule has 0 radical (unpaired) electrons. The summed E-state index contributed by atoms with van der Waals surface area (Å²) in [4.78, 5) is 0. The molecule has 0 aliphatic rings. The maximum atomic E-state index is 11.4. The highest BCUT2D eigenvalue weighted by Crippen LogP contribution is 2.00. The molecule has 2 atom stereocenters. The van der Waals surface area contributed by atoms with Gasteiger partial charge in [-0.3, -0.25) is 4.21 Å². The summed E-state index contributed by atoms with van der Waals surface area (Å²) in [6.07, 6.45) is 2.50. The van der Waals surface area contributed by atoms with Crippen molar-refractivity contribution >= 4 is 20.6 Å². The molecule has 0 heterocycles. The molecule has 0 amide bonds. The van der Waals surface area contributed by atoms with Crippen molar-refractivity contribution in [1.29, 1.82) is 0 Å². The first-order chi connectivity index (χ1) is 7.27. The first-order valence-corrected chi connectivity index (χ1v) is 8.85. The van der Waals surface area contributed by atoms with Gasteiger partial charge in [-0.2, -0.15) is 0 Å². The van der Waals surface area contributed by atoms with Crippen LogP contribution in [0.15, 0.2) is 0 Å². The van der Waals surface area contributed by atoms with Crippen LogP contribution in [-0.2, 0) is 20.6 Å². The number of sulfone groups is 1. The Morgan fingerprint density at radius 2 is 1.75 bits per heavy atom. The second-order valence-electron chi connectivity index (χ2n) is 4.26. The van der Waals surface area contributed by atoms with E-state index in [9.17, 15) is 12.6 Å². The second-order valence-corrected chi connectivity index (χ2v) is 8.74. The van der Waals surface area contributed by atoms with Crippen molar-refractivity contribution in [2.75, 3.05) is 25.1 Å². The van der Waals surface area contributed by atoms with Gasteiger partial charge < -0.3 is 5.32 Å². The van der Waals surface area contributed by atoms with Crippen molar-refractivity contribution in [2.24, 2.45) is 0 Å². The van der Waals surface area contributed by atoms with Gasteiger partial charge in [0.1, 0.15) is 0 Å². The zero-order valence-corrected chi connectivity index (χ0v) is 12.2. The summed E-state index contributed by atoms with van der Waals surface area (Å²) in [6, 6.07) is 0. The lowest BCUT2D eigenvalue weighted by molar-refractivity contribution is 0.580. The van der Waals surface area contributed by atoms with Crippen LogP contribution >= 0.6 is 0 Å². The van der Waals surface area contributed by atoms with Gasteiger partial charge in [0.2, 0.25) is 0 Å². The van der Waals surface area contributed by atoms with Crippen molar-refractivity contribution in [3.8, 4) is 0 Å². The Morgan fingerprint density at radius 3 is 2.19 bits per heavy atom. The van der Waals surface area contributed by atoms with Crippen LogP contribution in [0.4, 0.5) is 0 Å². The van der Waals surface area contributed by atoms with Crippen molar-refractivity contribution in [2.45, 2.75) is 37.7 Å². The molecule has 0 aromatic carbocycles. The standard InChI is InChI=1S/C10H23NO3S2/c1-9(2)16(13,14)8-7-11-6-5-10(3)15(4)12/h9-11H,5-8H2,1-4H3. The van der Waals surface area contributed by atoms with Crippen molar-refractivity contribution in [3.05, 3.63) is 0 Å². The second kappa shape index (κ2) is 7.40. The Morgan fingerprint density at radius 1 is 1.19 bits per heavy atom. The summed E-state index contributed by atoms with van der Waals surface area (Å²) in [7, 11) is -3.74. The van der Waals surface area contributed by atoms with E-state index in [4.69, 9.17) is 0 Å². The number of nitrogens with one attached hydrogen (secondary N) is 1. The minimum absolute atomic E-state index is 0.161. The molecule has 0 rings (SSSR count). The molecule has 98 valence electrons.